The molecule has 0 saturated heterocycles. The molecule has 1 N–H and O–H groups in total. The molecule has 4 rings (SSSR count). The van der Waals surface area contributed by atoms with E-state index < -0.39 is 17.5 Å². The second-order valence-electron chi connectivity index (χ2n) is 8.57. The van der Waals surface area contributed by atoms with Crippen LogP contribution in [0.15, 0.2) is 35.7 Å². The van der Waals surface area contributed by atoms with Crippen molar-refractivity contribution < 1.29 is 19.0 Å². The van der Waals surface area contributed by atoms with Crippen LogP contribution in [0.4, 0.5) is 5.69 Å². The Morgan fingerprint density at radius 3 is 2.81 bits per heavy atom. The van der Waals surface area contributed by atoms with Gasteiger partial charge in [0.25, 0.3) is 0 Å². The molecule has 0 fully saturated rings. The summed E-state index contributed by atoms with van der Waals surface area (Å²) in [5.41, 5.74) is 4.28. The number of carbonyl (C=O) groups excluding carboxylic acids is 1. The van der Waals surface area contributed by atoms with Gasteiger partial charge in [0.05, 0.1) is 41.0 Å². The summed E-state index contributed by atoms with van der Waals surface area (Å²) in [6.07, 6.45) is 2.38. The average molecular weight is 434 g/mol. The van der Waals surface area contributed by atoms with Crippen molar-refractivity contribution in [3.8, 4) is 17.7 Å². The average Bonchev–Trinajstić information content (AvgIpc) is 2.81. The van der Waals surface area contributed by atoms with Gasteiger partial charge in [0.15, 0.2) is 0 Å². The number of esters is 1. The predicted molar refractivity (Wildman–Crippen MR) is 120 cm³/mol. The van der Waals surface area contributed by atoms with Crippen LogP contribution in [0.5, 0.6) is 11.6 Å². The molecule has 32 heavy (non-hydrogen) atoms. The Bertz CT molecular complexity index is 1160. The van der Waals surface area contributed by atoms with Crippen LogP contribution in [0.2, 0.25) is 0 Å². The van der Waals surface area contributed by atoms with Crippen LogP contribution in [0.25, 0.3) is 0 Å². The quantitative estimate of drug-likeness (QED) is 0.707. The fraction of sp³-hybridized carbons (Fsp3) is 0.400. The first-order valence-electron chi connectivity index (χ1n) is 10.8. The largest absolute Gasteiger partial charge is 0.489 e. The van der Waals surface area contributed by atoms with E-state index in [9.17, 15) is 10.1 Å². The summed E-state index contributed by atoms with van der Waals surface area (Å²) in [4.78, 5) is 18.1. The number of fused-ring (bicyclic) bond motifs is 5. The number of hydrogen-bond acceptors (Lipinski definition) is 7. The molecule has 7 heteroatoms. The Hall–Kier alpha value is -3.53. The van der Waals surface area contributed by atoms with Crippen LogP contribution < -0.4 is 14.8 Å². The summed E-state index contributed by atoms with van der Waals surface area (Å²) in [5, 5.41) is 12.9. The van der Waals surface area contributed by atoms with Gasteiger partial charge in [-0.25, -0.2) is 9.78 Å². The molecule has 0 radical (unpaired) electrons. The molecule has 0 bridgehead atoms. The van der Waals surface area contributed by atoms with Crippen LogP contribution in [-0.4, -0.2) is 29.8 Å². The Balaban J connectivity index is 2.08. The lowest BCUT2D eigenvalue weighted by molar-refractivity contribution is -0.154. The third-order valence-corrected chi connectivity index (χ3v) is 5.70. The second-order valence-corrected chi connectivity index (χ2v) is 8.57. The number of hydrogen-bond donors (Lipinski definition) is 1. The highest BCUT2D eigenvalue weighted by Crippen LogP contribution is 2.50. The van der Waals surface area contributed by atoms with Gasteiger partial charge in [-0.2, -0.15) is 5.26 Å². The highest BCUT2D eigenvalue weighted by molar-refractivity contribution is 5.96. The predicted octanol–water partition coefficient (Wildman–Crippen LogP) is 4.60. The van der Waals surface area contributed by atoms with Gasteiger partial charge >= 0.3 is 5.97 Å². The molecule has 0 aliphatic carbocycles. The van der Waals surface area contributed by atoms with Gasteiger partial charge in [0.2, 0.25) is 5.88 Å². The number of pyridine rings is 1. The van der Waals surface area contributed by atoms with Crippen LogP contribution in [-0.2, 0) is 9.53 Å². The summed E-state index contributed by atoms with van der Waals surface area (Å²) in [7, 11) is 0. The molecule has 0 spiro atoms. The number of aromatic nitrogens is 1. The molecule has 2 aromatic rings. The van der Waals surface area contributed by atoms with E-state index in [-0.39, 0.29) is 6.61 Å². The molecular formula is C25H27N3O4. The zero-order chi connectivity index (χ0) is 23.0. The number of nitrogens with one attached hydrogen (secondary N) is 1. The number of allylic oxidation sites excluding steroid dienone is 1. The third kappa shape index (κ3) is 3.66. The lowest BCUT2D eigenvalue weighted by Crippen LogP contribution is -2.36. The van der Waals surface area contributed by atoms with Crippen LogP contribution >= 0.6 is 0 Å². The Kier molecular flexibility index (Phi) is 5.55. The van der Waals surface area contributed by atoms with Crippen molar-refractivity contribution in [3.63, 3.8) is 0 Å². The van der Waals surface area contributed by atoms with Gasteiger partial charge in [-0.1, -0.05) is 13.0 Å². The number of ether oxygens (including phenoxy) is 3. The first kappa shape index (κ1) is 21.7. The van der Waals surface area contributed by atoms with Crippen molar-refractivity contribution in [3.05, 3.63) is 57.9 Å². The van der Waals surface area contributed by atoms with Gasteiger partial charge in [0.1, 0.15) is 18.0 Å². The number of aryl methyl sites for hydroxylation is 1. The van der Waals surface area contributed by atoms with E-state index in [1.54, 1.807) is 18.3 Å². The Morgan fingerprint density at radius 1 is 1.34 bits per heavy atom. The monoisotopic (exact) mass is 433 g/mol. The topological polar surface area (TPSA) is 93.5 Å². The summed E-state index contributed by atoms with van der Waals surface area (Å²) in [6, 6.07) is 7.48. The highest BCUT2D eigenvalue weighted by atomic mass is 16.6. The van der Waals surface area contributed by atoms with Gasteiger partial charge in [-0.3, -0.25) is 0 Å². The summed E-state index contributed by atoms with van der Waals surface area (Å²) >= 11 is 0. The summed E-state index contributed by atoms with van der Waals surface area (Å²) < 4.78 is 17.9. The third-order valence-electron chi connectivity index (χ3n) is 5.70. The molecule has 7 nitrogen and oxygen atoms in total. The van der Waals surface area contributed by atoms with E-state index in [1.807, 2.05) is 40.7 Å². The van der Waals surface area contributed by atoms with E-state index in [2.05, 4.69) is 16.4 Å². The molecular weight excluding hydrogens is 406 g/mol. The lowest BCUT2D eigenvalue weighted by atomic mass is 9.79. The zero-order valence-electron chi connectivity index (χ0n) is 19.0. The number of benzene rings is 1. The van der Waals surface area contributed by atoms with Crippen molar-refractivity contribution in [1.29, 1.82) is 5.26 Å². The molecule has 1 aromatic heterocycles. The van der Waals surface area contributed by atoms with E-state index >= 15 is 0 Å². The number of carbonyl (C=O) groups is 1. The van der Waals surface area contributed by atoms with Gasteiger partial charge in [-0.05, 0) is 51.8 Å². The molecule has 1 aromatic carbocycles. The summed E-state index contributed by atoms with van der Waals surface area (Å²) in [5.74, 6) is 0.0871. The molecule has 1 atom stereocenters. The van der Waals surface area contributed by atoms with Crippen LogP contribution in [0.1, 0.15) is 62.3 Å². The molecule has 0 unspecified atom stereocenters. The zero-order valence-corrected chi connectivity index (χ0v) is 19.0. The standard InChI is InChI=1S/C25H27N3O4/c1-6-17-20-19(21-22(28-17)14(3)12-27-23(21)30-7-2)16-9-8-15(11-26)10-18(16)31-13-25(4,5)32-24(20)29/h8-10,12,19,28H,6-7,13H2,1-5H3/t19-/m1/s1. The number of rotatable bonds is 3. The molecule has 0 amide bonds. The number of anilines is 1. The van der Waals surface area contributed by atoms with Crippen molar-refractivity contribution in [1.82, 2.24) is 4.98 Å². The highest BCUT2D eigenvalue weighted by Gasteiger charge is 2.42. The minimum absolute atomic E-state index is 0.159. The molecule has 166 valence electrons. The number of nitrogens with zero attached hydrogens (tertiary/aromatic N) is 2. The first-order chi connectivity index (χ1) is 15.3. The SMILES string of the molecule is CCOc1ncc(C)c2c1[C@H]1C(=C(CC)N2)C(=O)OC(C)(C)COc2cc(C#N)ccc21. The van der Waals surface area contributed by atoms with E-state index in [1.165, 1.54) is 0 Å². The van der Waals surface area contributed by atoms with Crippen molar-refractivity contribution in [2.24, 2.45) is 0 Å². The summed E-state index contributed by atoms with van der Waals surface area (Å²) in [6.45, 7) is 10.1. The smallest absolute Gasteiger partial charge is 0.337 e. The maximum absolute atomic E-state index is 13.5. The minimum Gasteiger partial charge on any atom is -0.489 e. The lowest BCUT2D eigenvalue weighted by Gasteiger charge is -2.33. The van der Waals surface area contributed by atoms with Gasteiger partial charge < -0.3 is 19.5 Å². The van der Waals surface area contributed by atoms with Gasteiger partial charge in [0, 0.05) is 17.5 Å². The minimum atomic E-state index is -0.856. The van der Waals surface area contributed by atoms with Crippen LogP contribution in [0.3, 0.4) is 0 Å². The van der Waals surface area contributed by atoms with E-state index in [0.29, 0.717) is 35.8 Å². The van der Waals surface area contributed by atoms with E-state index in [0.717, 1.165) is 28.1 Å². The van der Waals surface area contributed by atoms with Crippen molar-refractivity contribution in [2.45, 2.75) is 52.6 Å². The van der Waals surface area contributed by atoms with Crippen LogP contribution in [0, 0.1) is 18.3 Å². The fourth-order valence-electron chi connectivity index (χ4n) is 4.22. The maximum Gasteiger partial charge on any atom is 0.337 e. The number of cyclic esters (lactones) is 1. The number of nitriles is 1. The van der Waals surface area contributed by atoms with Crippen molar-refractivity contribution >= 4 is 11.7 Å². The van der Waals surface area contributed by atoms with Gasteiger partial charge in [-0.15, -0.1) is 0 Å². The molecule has 3 heterocycles. The molecule has 2 aliphatic heterocycles. The van der Waals surface area contributed by atoms with E-state index in [4.69, 9.17) is 14.2 Å². The Labute approximate surface area is 188 Å². The molecule has 2 aliphatic rings. The fourth-order valence-corrected chi connectivity index (χ4v) is 4.22. The normalized spacial score (nSPS) is 18.9. The first-order valence-corrected chi connectivity index (χ1v) is 10.8. The van der Waals surface area contributed by atoms with Crippen molar-refractivity contribution in [2.75, 3.05) is 18.5 Å². The second kappa shape index (κ2) is 8.19. The molecule has 0 saturated carbocycles. The Morgan fingerprint density at radius 2 is 2.12 bits per heavy atom. The maximum atomic E-state index is 13.5.